The summed E-state index contributed by atoms with van der Waals surface area (Å²) in [4.78, 5) is 0. The van der Waals surface area contributed by atoms with Crippen LogP contribution in [0.1, 0.15) is 6.42 Å². The van der Waals surface area contributed by atoms with Gasteiger partial charge in [-0.3, -0.25) is 0 Å². The highest BCUT2D eigenvalue weighted by Crippen LogP contribution is 1.81. The van der Waals surface area contributed by atoms with Crippen LogP contribution in [0.2, 0.25) is 6.04 Å². The predicted octanol–water partition coefficient (Wildman–Crippen LogP) is -0.0314. The first kappa shape index (κ1) is 10.2. The van der Waals surface area contributed by atoms with Crippen molar-refractivity contribution in [3.05, 3.63) is 0 Å². The molecule has 0 aliphatic carbocycles. The van der Waals surface area contributed by atoms with Crippen molar-refractivity contribution < 1.29 is 4.74 Å². The van der Waals surface area contributed by atoms with E-state index in [9.17, 15) is 0 Å². The molecule has 0 heterocycles. The Hall–Kier alpha value is 0.137. The molecule has 0 aromatic rings. The van der Waals surface area contributed by atoms with Crippen LogP contribution in [0, 0.1) is 0 Å². The van der Waals surface area contributed by atoms with E-state index < -0.39 is 0 Å². The summed E-state index contributed by atoms with van der Waals surface area (Å²) in [6.45, 7) is 0.948. The van der Waals surface area contributed by atoms with E-state index in [1.54, 1.807) is 7.11 Å². The molecule has 0 spiro atoms. The molecule has 46 valence electrons. The summed E-state index contributed by atoms with van der Waals surface area (Å²) in [6.07, 6.45) is 1.25. The molecule has 0 saturated heterocycles. The van der Waals surface area contributed by atoms with Crippen LogP contribution in [0.4, 0.5) is 0 Å². The second-order valence-corrected chi connectivity index (χ2v) is 2.35. The average molecular weight is 121 g/mol. The first-order valence-corrected chi connectivity index (χ1v) is 3.82. The van der Waals surface area contributed by atoms with Crippen LogP contribution in [0.5, 0.6) is 0 Å². The molecule has 0 aromatic heterocycles. The molecule has 0 fully saturated rings. The Kier molecular flexibility index (Phi) is 13.8. The van der Waals surface area contributed by atoms with E-state index in [-0.39, 0.29) is 6.15 Å². The smallest absolute Gasteiger partial charge is 0.0459 e. The van der Waals surface area contributed by atoms with Gasteiger partial charge in [0.25, 0.3) is 0 Å². The molecular formula is C4H15NOSi. The first-order valence-electron chi connectivity index (χ1n) is 2.40. The second-order valence-electron chi connectivity index (χ2n) is 1.35. The predicted molar refractivity (Wildman–Crippen MR) is 36.3 cm³/mol. The lowest BCUT2D eigenvalue weighted by molar-refractivity contribution is 0.199. The van der Waals surface area contributed by atoms with Gasteiger partial charge in [0, 0.05) is 24.0 Å². The fourth-order valence-corrected chi connectivity index (χ4v) is 0.577. The normalized spacial score (nSPS) is 8.14. The van der Waals surface area contributed by atoms with Gasteiger partial charge in [-0.2, -0.15) is 0 Å². The van der Waals surface area contributed by atoms with E-state index in [2.05, 4.69) is 0 Å². The van der Waals surface area contributed by atoms with Crippen LogP contribution in [0.3, 0.4) is 0 Å². The van der Waals surface area contributed by atoms with E-state index in [1.165, 1.54) is 22.7 Å². The van der Waals surface area contributed by atoms with Crippen molar-refractivity contribution in [3.8, 4) is 0 Å². The maximum Gasteiger partial charge on any atom is 0.0459 e. The van der Waals surface area contributed by atoms with Crippen LogP contribution < -0.4 is 6.15 Å². The Labute approximate surface area is 48.3 Å². The van der Waals surface area contributed by atoms with Crippen molar-refractivity contribution in [1.82, 2.24) is 6.15 Å². The van der Waals surface area contributed by atoms with E-state index in [1.807, 2.05) is 0 Å². The van der Waals surface area contributed by atoms with Gasteiger partial charge in [-0.05, 0) is 6.42 Å². The third-order valence-electron chi connectivity index (χ3n) is 0.702. The summed E-state index contributed by atoms with van der Waals surface area (Å²) in [5.41, 5.74) is 0. The number of methoxy groups -OCH3 is 1. The van der Waals surface area contributed by atoms with Crippen LogP contribution in [0.15, 0.2) is 0 Å². The van der Waals surface area contributed by atoms with Gasteiger partial charge in [0.15, 0.2) is 0 Å². The van der Waals surface area contributed by atoms with Crippen LogP contribution in [-0.4, -0.2) is 24.0 Å². The molecule has 0 rings (SSSR count). The molecule has 0 saturated carbocycles. The van der Waals surface area contributed by atoms with E-state index in [0.717, 1.165) is 6.61 Å². The standard InChI is InChI=1S/C4H12OSi.H3N/c1-5-3-2-4-6;/h2-4H2,1,6H3;1H3. The number of rotatable bonds is 3. The quantitative estimate of drug-likeness (QED) is 0.421. The van der Waals surface area contributed by atoms with Crippen LogP contribution in [-0.2, 0) is 4.74 Å². The maximum absolute atomic E-state index is 4.80. The minimum Gasteiger partial charge on any atom is -0.385 e. The summed E-state index contributed by atoms with van der Waals surface area (Å²) in [6, 6.07) is 1.37. The van der Waals surface area contributed by atoms with Gasteiger partial charge in [0.1, 0.15) is 0 Å². The molecule has 0 aromatic carbocycles. The zero-order valence-corrected chi connectivity index (χ0v) is 7.24. The van der Waals surface area contributed by atoms with E-state index >= 15 is 0 Å². The number of ether oxygens (including phenoxy) is 1. The van der Waals surface area contributed by atoms with E-state index in [0.29, 0.717) is 0 Å². The van der Waals surface area contributed by atoms with Crippen molar-refractivity contribution in [2.75, 3.05) is 13.7 Å². The number of hydrogen-bond donors (Lipinski definition) is 1. The molecule has 2 nitrogen and oxygen atoms in total. The zero-order valence-electron chi connectivity index (χ0n) is 5.24. The minimum atomic E-state index is 0. The van der Waals surface area contributed by atoms with Crippen molar-refractivity contribution >= 4 is 10.2 Å². The lowest BCUT2D eigenvalue weighted by atomic mass is 10.5. The third kappa shape index (κ3) is 10.7. The molecule has 0 radical (unpaired) electrons. The van der Waals surface area contributed by atoms with Crippen molar-refractivity contribution in [1.29, 1.82) is 0 Å². The molecular weight excluding hydrogens is 106 g/mol. The largest absolute Gasteiger partial charge is 0.385 e. The highest BCUT2D eigenvalue weighted by molar-refractivity contribution is 6.08. The number of hydrogen-bond acceptors (Lipinski definition) is 2. The van der Waals surface area contributed by atoms with Crippen LogP contribution in [0.25, 0.3) is 0 Å². The monoisotopic (exact) mass is 121 g/mol. The maximum atomic E-state index is 4.80. The topological polar surface area (TPSA) is 44.2 Å². The fraction of sp³-hybridized carbons (Fsp3) is 1.00. The molecule has 3 heteroatoms. The Balaban J connectivity index is 0. The lowest BCUT2D eigenvalue weighted by Gasteiger charge is -1.89. The molecule has 3 N–H and O–H groups in total. The summed E-state index contributed by atoms with van der Waals surface area (Å²) in [7, 11) is 3.07. The molecule has 0 aliphatic heterocycles. The van der Waals surface area contributed by atoms with Gasteiger partial charge in [0.2, 0.25) is 0 Å². The average Bonchev–Trinajstić information content (AvgIpc) is 1.61. The molecule has 0 aliphatic rings. The molecule has 0 bridgehead atoms. The molecule has 0 unspecified atom stereocenters. The second kappa shape index (κ2) is 9.46. The van der Waals surface area contributed by atoms with Gasteiger partial charge in [-0.15, -0.1) is 0 Å². The van der Waals surface area contributed by atoms with Crippen molar-refractivity contribution in [2.45, 2.75) is 12.5 Å². The Morgan fingerprint density at radius 2 is 2.14 bits per heavy atom. The minimum absolute atomic E-state index is 0. The van der Waals surface area contributed by atoms with Crippen molar-refractivity contribution in [3.63, 3.8) is 0 Å². The summed E-state index contributed by atoms with van der Waals surface area (Å²) >= 11 is 0. The Bertz CT molecular complexity index is 23.7. The van der Waals surface area contributed by atoms with Gasteiger partial charge in [0.05, 0.1) is 0 Å². The Morgan fingerprint density at radius 3 is 2.29 bits per heavy atom. The molecule has 7 heavy (non-hydrogen) atoms. The highest BCUT2D eigenvalue weighted by atomic mass is 28.1. The zero-order chi connectivity index (χ0) is 4.83. The van der Waals surface area contributed by atoms with Gasteiger partial charge >= 0.3 is 0 Å². The van der Waals surface area contributed by atoms with Gasteiger partial charge in [-0.1, -0.05) is 6.04 Å². The lowest BCUT2D eigenvalue weighted by Crippen LogP contribution is -1.85. The third-order valence-corrected chi connectivity index (χ3v) is 1.41. The fourth-order valence-electron chi connectivity index (χ4n) is 0.289. The SMILES string of the molecule is COCCC[SiH3].N. The van der Waals surface area contributed by atoms with Gasteiger partial charge < -0.3 is 10.9 Å². The van der Waals surface area contributed by atoms with E-state index in [4.69, 9.17) is 4.74 Å². The van der Waals surface area contributed by atoms with Gasteiger partial charge in [-0.25, -0.2) is 0 Å². The van der Waals surface area contributed by atoms with Crippen molar-refractivity contribution in [2.24, 2.45) is 0 Å². The molecule has 0 amide bonds. The van der Waals surface area contributed by atoms with Crippen LogP contribution >= 0.6 is 0 Å². The summed E-state index contributed by atoms with van der Waals surface area (Å²) in [5, 5.41) is 0. The first-order chi connectivity index (χ1) is 2.91. The molecule has 0 atom stereocenters. The highest BCUT2D eigenvalue weighted by Gasteiger charge is 1.74. The summed E-state index contributed by atoms with van der Waals surface area (Å²) in [5.74, 6) is 0. The summed E-state index contributed by atoms with van der Waals surface area (Å²) < 4.78 is 4.80. The Morgan fingerprint density at radius 1 is 1.57 bits per heavy atom.